The Hall–Kier alpha value is -0.450. The Bertz CT molecular complexity index is 131. The molecule has 0 amide bonds. The first kappa shape index (κ1) is 7.65. The van der Waals surface area contributed by atoms with Crippen molar-refractivity contribution >= 4 is 5.78 Å². The predicted octanol–water partition coefficient (Wildman–Crippen LogP) is -1.57. The van der Waals surface area contributed by atoms with E-state index in [1.54, 1.807) is 0 Å². The Kier molecular flexibility index (Phi) is 2.03. The van der Waals surface area contributed by atoms with Gasteiger partial charge < -0.3 is 15.3 Å². The summed E-state index contributed by atoms with van der Waals surface area (Å²) in [6, 6.07) is 0. The van der Waals surface area contributed by atoms with Gasteiger partial charge in [-0.25, -0.2) is 0 Å². The summed E-state index contributed by atoms with van der Waals surface area (Å²) in [4.78, 5) is 10.7. The molecular weight excluding hydrogens is 136 g/mol. The quantitative estimate of drug-likeness (QED) is 0.386. The Balaban J connectivity index is 2.57. The van der Waals surface area contributed by atoms with Crippen LogP contribution >= 0.6 is 0 Å². The van der Waals surface area contributed by atoms with Gasteiger partial charge in [0.05, 0.1) is 6.10 Å². The first-order valence-electron chi connectivity index (χ1n) is 3.19. The minimum Gasteiger partial charge on any atom is -0.393 e. The van der Waals surface area contributed by atoms with Crippen molar-refractivity contribution in [3.63, 3.8) is 0 Å². The smallest absolute Gasteiger partial charge is 0.189 e. The van der Waals surface area contributed by atoms with Gasteiger partial charge >= 0.3 is 0 Å². The van der Waals surface area contributed by atoms with Crippen molar-refractivity contribution in [1.29, 1.82) is 0 Å². The van der Waals surface area contributed by atoms with E-state index in [4.69, 9.17) is 15.3 Å². The summed E-state index contributed by atoms with van der Waals surface area (Å²) in [5.74, 6) is -0.578. The molecule has 0 aromatic carbocycles. The minimum absolute atomic E-state index is 0.0515. The van der Waals surface area contributed by atoms with E-state index in [1.807, 2.05) is 0 Å². The summed E-state index contributed by atoms with van der Waals surface area (Å²) in [6.07, 6.45) is -3.01. The van der Waals surface area contributed by atoms with Gasteiger partial charge in [0.15, 0.2) is 5.78 Å². The number of rotatable bonds is 0. The zero-order valence-corrected chi connectivity index (χ0v) is 5.40. The van der Waals surface area contributed by atoms with E-state index in [2.05, 4.69) is 0 Å². The third-order valence-corrected chi connectivity index (χ3v) is 1.65. The lowest BCUT2D eigenvalue weighted by Crippen LogP contribution is -2.42. The summed E-state index contributed by atoms with van der Waals surface area (Å²) in [7, 11) is 0. The Morgan fingerprint density at radius 3 is 1.90 bits per heavy atom. The van der Waals surface area contributed by atoms with Gasteiger partial charge in [-0.1, -0.05) is 0 Å². The van der Waals surface area contributed by atoms with Crippen LogP contribution in [0, 0.1) is 0 Å². The van der Waals surface area contributed by atoms with Crippen molar-refractivity contribution in [2.24, 2.45) is 0 Å². The summed E-state index contributed by atoms with van der Waals surface area (Å²) < 4.78 is 0. The van der Waals surface area contributed by atoms with Crippen LogP contribution in [-0.2, 0) is 4.79 Å². The minimum atomic E-state index is -1.18. The van der Waals surface area contributed by atoms with Gasteiger partial charge in [-0.3, -0.25) is 4.79 Å². The predicted molar refractivity (Wildman–Crippen MR) is 32.3 cm³/mol. The summed E-state index contributed by atoms with van der Waals surface area (Å²) in [6.45, 7) is 0. The average molecular weight is 146 g/mol. The maximum Gasteiger partial charge on any atom is 0.189 e. The summed E-state index contributed by atoms with van der Waals surface area (Å²) in [5, 5.41) is 26.6. The zero-order valence-electron chi connectivity index (χ0n) is 5.40. The molecule has 0 radical (unpaired) electrons. The molecule has 58 valence electrons. The average Bonchev–Trinajstić information content (AvgIpc) is 1.82. The van der Waals surface area contributed by atoms with E-state index in [0.717, 1.165) is 0 Å². The van der Waals surface area contributed by atoms with Gasteiger partial charge in [0, 0.05) is 12.8 Å². The van der Waals surface area contributed by atoms with Gasteiger partial charge in [-0.15, -0.1) is 0 Å². The monoisotopic (exact) mass is 146 g/mol. The molecule has 0 aromatic heterocycles. The topological polar surface area (TPSA) is 77.8 Å². The molecule has 4 heteroatoms. The highest BCUT2D eigenvalue weighted by molar-refractivity contribution is 5.87. The maximum absolute atomic E-state index is 10.7. The highest BCUT2D eigenvalue weighted by Crippen LogP contribution is 2.15. The number of hydrogen-bond donors (Lipinski definition) is 3. The van der Waals surface area contributed by atoms with E-state index in [-0.39, 0.29) is 12.8 Å². The molecule has 2 atom stereocenters. The van der Waals surface area contributed by atoms with Crippen molar-refractivity contribution in [2.75, 3.05) is 0 Å². The standard InChI is InChI=1S/C6H10O4/c7-3-1-4(8)6(10)5(9)2-3/h3-5,7-9H,1-2H2. The number of Topliss-reactive ketones (excluding diaryl/α,β-unsaturated/α-hetero) is 1. The van der Waals surface area contributed by atoms with Crippen molar-refractivity contribution in [2.45, 2.75) is 31.2 Å². The molecule has 1 fully saturated rings. The first-order valence-corrected chi connectivity index (χ1v) is 3.19. The number of carbonyl (C=O) groups excluding carboxylic acids is 1. The molecule has 1 aliphatic rings. The molecule has 4 nitrogen and oxygen atoms in total. The summed E-state index contributed by atoms with van der Waals surface area (Å²) >= 11 is 0. The third-order valence-electron chi connectivity index (χ3n) is 1.65. The van der Waals surface area contributed by atoms with E-state index in [1.165, 1.54) is 0 Å². The van der Waals surface area contributed by atoms with E-state index in [0.29, 0.717) is 0 Å². The number of ketones is 1. The molecule has 1 saturated carbocycles. The Morgan fingerprint density at radius 1 is 1.10 bits per heavy atom. The molecule has 1 aliphatic carbocycles. The SMILES string of the molecule is O=C1C(O)CC(O)CC1O. The van der Waals surface area contributed by atoms with Crippen LogP contribution in [0.3, 0.4) is 0 Å². The van der Waals surface area contributed by atoms with Crippen LogP contribution in [0.15, 0.2) is 0 Å². The fourth-order valence-corrected chi connectivity index (χ4v) is 1.07. The lowest BCUT2D eigenvalue weighted by molar-refractivity contribution is -0.144. The zero-order chi connectivity index (χ0) is 7.72. The number of aliphatic hydroxyl groups is 3. The van der Waals surface area contributed by atoms with Crippen molar-refractivity contribution in [3.8, 4) is 0 Å². The molecule has 0 spiro atoms. The van der Waals surface area contributed by atoms with Crippen molar-refractivity contribution in [3.05, 3.63) is 0 Å². The lowest BCUT2D eigenvalue weighted by atomic mass is 9.91. The van der Waals surface area contributed by atoms with Gasteiger partial charge in [0.25, 0.3) is 0 Å². The second-order valence-electron chi connectivity index (χ2n) is 2.56. The molecule has 10 heavy (non-hydrogen) atoms. The van der Waals surface area contributed by atoms with Crippen molar-refractivity contribution < 1.29 is 20.1 Å². The fourth-order valence-electron chi connectivity index (χ4n) is 1.07. The molecular formula is C6H10O4. The van der Waals surface area contributed by atoms with Crippen molar-refractivity contribution in [1.82, 2.24) is 0 Å². The Morgan fingerprint density at radius 2 is 1.50 bits per heavy atom. The first-order chi connectivity index (χ1) is 4.61. The van der Waals surface area contributed by atoms with E-state index >= 15 is 0 Å². The lowest BCUT2D eigenvalue weighted by Gasteiger charge is -2.24. The van der Waals surface area contributed by atoms with Gasteiger partial charge in [0.2, 0.25) is 0 Å². The number of carbonyl (C=O) groups is 1. The molecule has 0 aromatic rings. The molecule has 3 N–H and O–H groups in total. The van der Waals surface area contributed by atoms with Crippen LogP contribution < -0.4 is 0 Å². The van der Waals surface area contributed by atoms with Crippen LogP contribution in [0.2, 0.25) is 0 Å². The highest BCUT2D eigenvalue weighted by atomic mass is 16.3. The van der Waals surface area contributed by atoms with Crippen LogP contribution in [0.5, 0.6) is 0 Å². The van der Waals surface area contributed by atoms with Crippen LogP contribution in [0.1, 0.15) is 12.8 Å². The summed E-state index contributed by atoms with van der Waals surface area (Å²) in [5.41, 5.74) is 0. The molecule has 1 rings (SSSR count). The largest absolute Gasteiger partial charge is 0.393 e. The maximum atomic E-state index is 10.7. The van der Waals surface area contributed by atoms with Gasteiger partial charge in [-0.2, -0.15) is 0 Å². The molecule has 0 saturated heterocycles. The van der Waals surface area contributed by atoms with Crippen LogP contribution in [0.4, 0.5) is 0 Å². The number of aliphatic hydroxyl groups excluding tert-OH is 3. The molecule has 0 heterocycles. The van der Waals surface area contributed by atoms with Crippen LogP contribution in [0.25, 0.3) is 0 Å². The van der Waals surface area contributed by atoms with E-state index < -0.39 is 24.1 Å². The van der Waals surface area contributed by atoms with E-state index in [9.17, 15) is 4.79 Å². The number of hydrogen-bond acceptors (Lipinski definition) is 4. The Labute approximate surface area is 58.1 Å². The highest BCUT2D eigenvalue weighted by Gasteiger charge is 2.32. The molecule has 0 bridgehead atoms. The second-order valence-corrected chi connectivity index (χ2v) is 2.56. The molecule has 0 aliphatic heterocycles. The van der Waals surface area contributed by atoms with Gasteiger partial charge in [0.1, 0.15) is 12.2 Å². The van der Waals surface area contributed by atoms with Crippen LogP contribution in [-0.4, -0.2) is 39.4 Å². The third kappa shape index (κ3) is 1.34. The van der Waals surface area contributed by atoms with Gasteiger partial charge in [-0.05, 0) is 0 Å². The fraction of sp³-hybridized carbons (Fsp3) is 0.833. The second kappa shape index (κ2) is 2.65. The molecule has 2 unspecified atom stereocenters. The normalized spacial score (nSPS) is 41.9.